The molecule has 1 heterocycles. The van der Waals surface area contributed by atoms with E-state index in [2.05, 4.69) is 26.3 Å². The SMILES string of the molecule is O=C(NCCCNc1ccncc1)Nc1cccc(NC(=O)C2CC2)c1. The maximum absolute atomic E-state index is 12.0. The fraction of sp³-hybridized carbons (Fsp3) is 0.316. The van der Waals surface area contributed by atoms with Gasteiger partial charge in [-0.15, -0.1) is 0 Å². The van der Waals surface area contributed by atoms with E-state index in [1.807, 2.05) is 18.2 Å². The average Bonchev–Trinajstić information content (AvgIpc) is 3.48. The molecular weight excluding hydrogens is 330 g/mol. The van der Waals surface area contributed by atoms with E-state index in [4.69, 9.17) is 0 Å². The molecule has 0 bridgehead atoms. The molecule has 3 rings (SSSR count). The summed E-state index contributed by atoms with van der Waals surface area (Å²) in [6.45, 7) is 1.31. The number of amides is 3. The third-order valence-electron chi connectivity index (χ3n) is 3.98. The standard InChI is InChI=1S/C19H23N5O2/c25-18(14-5-6-14)23-16-3-1-4-17(13-16)24-19(26)22-10-2-9-21-15-7-11-20-12-8-15/h1,3-4,7-8,11-14H,2,5-6,9-10H2,(H,20,21)(H,23,25)(H2,22,24,26). The molecule has 0 spiro atoms. The van der Waals surface area contributed by atoms with E-state index in [0.29, 0.717) is 17.9 Å². The fourth-order valence-corrected chi connectivity index (χ4v) is 2.43. The van der Waals surface area contributed by atoms with Gasteiger partial charge in [0.2, 0.25) is 5.91 Å². The third kappa shape index (κ3) is 5.77. The van der Waals surface area contributed by atoms with Crippen LogP contribution in [0, 0.1) is 5.92 Å². The van der Waals surface area contributed by atoms with Gasteiger partial charge in [0.25, 0.3) is 0 Å². The second-order valence-corrected chi connectivity index (χ2v) is 6.24. The van der Waals surface area contributed by atoms with Crippen LogP contribution in [0.4, 0.5) is 21.9 Å². The molecule has 3 amide bonds. The van der Waals surface area contributed by atoms with Crippen molar-refractivity contribution in [3.05, 3.63) is 48.8 Å². The van der Waals surface area contributed by atoms with Crippen molar-refractivity contribution in [3.8, 4) is 0 Å². The van der Waals surface area contributed by atoms with Crippen molar-refractivity contribution in [1.29, 1.82) is 0 Å². The Bertz CT molecular complexity index is 747. The summed E-state index contributed by atoms with van der Waals surface area (Å²) >= 11 is 0. The largest absolute Gasteiger partial charge is 0.385 e. The molecular formula is C19H23N5O2. The highest BCUT2D eigenvalue weighted by molar-refractivity contribution is 5.95. The first-order valence-electron chi connectivity index (χ1n) is 8.80. The van der Waals surface area contributed by atoms with E-state index in [-0.39, 0.29) is 17.9 Å². The number of aromatic nitrogens is 1. The minimum Gasteiger partial charge on any atom is -0.385 e. The molecule has 0 saturated heterocycles. The Hall–Kier alpha value is -3.09. The quantitative estimate of drug-likeness (QED) is 0.549. The minimum absolute atomic E-state index is 0.0494. The first-order valence-corrected chi connectivity index (χ1v) is 8.80. The second kappa shape index (κ2) is 8.84. The fourth-order valence-electron chi connectivity index (χ4n) is 2.43. The molecule has 0 radical (unpaired) electrons. The van der Waals surface area contributed by atoms with Crippen LogP contribution >= 0.6 is 0 Å². The van der Waals surface area contributed by atoms with Crippen LogP contribution in [0.2, 0.25) is 0 Å². The lowest BCUT2D eigenvalue weighted by atomic mass is 10.2. The van der Waals surface area contributed by atoms with Crippen molar-refractivity contribution in [1.82, 2.24) is 10.3 Å². The van der Waals surface area contributed by atoms with Crippen molar-refractivity contribution >= 4 is 29.0 Å². The van der Waals surface area contributed by atoms with Gasteiger partial charge >= 0.3 is 6.03 Å². The number of carbonyl (C=O) groups excluding carboxylic acids is 2. The number of hydrogen-bond acceptors (Lipinski definition) is 4. The van der Waals surface area contributed by atoms with Gasteiger partial charge < -0.3 is 21.3 Å². The van der Waals surface area contributed by atoms with E-state index in [0.717, 1.165) is 31.5 Å². The smallest absolute Gasteiger partial charge is 0.319 e. The summed E-state index contributed by atoms with van der Waals surface area (Å²) in [6, 6.07) is 10.7. The molecule has 1 aliphatic rings. The number of carbonyl (C=O) groups is 2. The van der Waals surface area contributed by atoms with E-state index < -0.39 is 0 Å². The van der Waals surface area contributed by atoms with Gasteiger partial charge in [-0.05, 0) is 49.6 Å². The highest BCUT2D eigenvalue weighted by Gasteiger charge is 2.29. The molecule has 1 aromatic heterocycles. The summed E-state index contributed by atoms with van der Waals surface area (Å²) in [7, 11) is 0. The second-order valence-electron chi connectivity index (χ2n) is 6.24. The monoisotopic (exact) mass is 353 g/mol. The van der Waals surface area contributed by atoms with Crippen LogP contribution in [0.3, 0.4) is 0 Å². The number of nitrogens with one attached hydrogen (secondary N) is 4. The zero-order valence-corrected chi connectivity index (χ0v) is 14.5. The Morgan fingerprint density at radius 3 is 2.42 bits per heavy atom. The lowest BCUT2D eigenvalue weighted by Crippen LogP contribution is -2.30. The summed E-state index contributed by atoms with van der Waals surface area (Å²) in [5.74, 6) is 0.198. The van der Waals surface area contributed by atoms with Crippen LogP contribution in [-0.4, -0.2) is 30.0 Å². The predicted molar refractivity (Wildman–Crippen MR) is 102 cm³/mol. The molecule has 1 saturated carbocycles. The van der Waals surface area contributed by atoms with Gasteiger partial charge in [0, 0.05) is 48.5 Å². The number of anilines is 3. The number of nitrogens with zero attached hydrogens (tertiary/aromatic N) is 1. The normalized spacial score (nSPS) is 12.9. The van der Waals surface area contributed by atoms with Crippen molar-refractivity contribution < 1.29 is 9.59 Å². The molecule has 136 valence electrons. The molecule has 0 unspecified atom stereocenters. The maximum atomic E-state index is 12.0. The van der Waals surface area contributed by atoms with Crippen LogP contribution < -0.4 is 21.3 Å². The first kappa shape index (κ1) is 17.7. The molecule has 1 fully saturated rings. The van der Waals surface area contributed by atoms with Crippen molar-refractivity contribution in [2.24, 2.45) is 5.92 Å². The summed E-state index contributed by atoms with van der Waals surface area (Å²) < 4.78 is 0. The van der Waals surface area contributed by atoms with E-state index in [1.165, 1.54) is 0 Å². The molecule has 0 aliphatic heterocycles. The van der Waals surface area contributed by atoms with Crippen molar-refractivity contribution in [3.63, 3.8) is 0 Å². The summed E-state index contributed by atoms with van der Waals surface area (Å²) in [6.07, 6.45) is 6.18. The van der Waals surface area contributed by atoms with Crippen LogP contribution in [0.15, 0.2) is 48.8 Å². The molecule has 0 atom stereocenters. The van der Waals surface area contributed by atoms with Crippen LogP contribution in [0.25, 0.3) is 0 Å². The third-order valence-corrected chi connectivity index (χ3v) is 3.98. The Labute approximate surface area is 152 Å². The Kier molecular flexibility index (Phi) is 6.03. The van der Waals surface area contributed by atoms with Crippen molar-refractivity contribution in [2.75, 3.05) is 29.0 Å². The zero-order valence-electron chi connectivity index (χ0n) is 14.5. The number of hydrogen-bond donors (Lipinski definition) is 4. The summed E-state index contributed by atoms with van der Waals surface area (Å²) in [4.78, 5) is 27.7. The van der Waals surface area contributed by atoms with Crippen LogP contribution in [0.1, 0.15) is 19.3 Å². The van der Waals surface area contributed by atoms with Gasteiger partial charge in [-0.1, -0.05) is 6.07 Å². The molecule has 2 aromatic rings. The average molecular weight is 353 g/mol. The van der Waals surface area contributed by atoms with E-state index >= 15 is 0 Å². The molecule has 7 heteroatoms. The Balaban J connectivity index is 1.35. The number of urea groups is 1. The summed E-state index contributed by atoms with van der Waals surface area (Å²) in [5, 5.41) is 11.7. The Morgan fingerprint density at radius 1 is 0.962 bits per heavy atom. The summed E-state index contributed by atoms with van der Waals surface area (Å²) in [5.41, 5.74) is 2.35. The van der Waals surface area contributed by atoms with Crippen LogP contribution in [0.5, 0.6) is 0 Å². The van der Waals surface area contributed by atoms with E-state index in [9.17, 15) is 9.59 Å². The van der Waals surface area contributed by atoms with Gasteiger partial charge in [0.1, 0.15) is 0 Å². The van der Waals surface area contributed by atoms with Gasteiger partial charge in [0.05, 0.1) is 0 Å². The minimum atomic E-state index is -0.264. The molecule has 4 N–H and O–H groups in total. The molecule has 1 aromatic carbocycles. The molecule has 7 nitrogen and oxygen atoms in total. The maximum Gasteiger partial charge on any atom is 0.319 e. The number of benzene rings is 1. The number of pyridine rings is 1. The first-order chi connectivity index (χ1) is 12.7. The highest BCUT2D eigenvalue weighted by Crippen LogP contribution is 2.30. The van der Waals surface area contributed by atoms with Gasteiger partial charge in [-0.25, -0.2) is 4.79 Å². The van der Waals surface area contributed by atoms with Crippen LogP contribution in [-0.2, 0) is 4.79 Å². The predicted octanol–water partition coefficient (Wildman–Crippen LogP) is 3.05. The Morgan fingerprint density at radius 2 is 1.69 bits per heavy atom. The molecule has 1 aliphatic carbocycles. The van der Waals surface area contributed by atoms with Crippen molar-refractivity contribution in [2.45, 2.75) is 19.3 Å². The lowest BCUT2D eigenvalue weighted by Gasteiger charge is -2.10. The molecule has 26 heavy (non-hydrogen) atoms. The highest BCUT2D eigenvalue weighted by atomic mass is 16.2. The van der Waals surface area contributed by atoms with Gasteiger partial charge in [-0.2, -0.15) is 0 Å². The van der Waals surface area contributed by atoms with Gasteiger partial charge in [-0.3, -0.25) is 9.78 Å². The topological polar surface area (TPSA) is 95.2 Å². The number of rotatable bonds is 8. The van der Waals surface area contributed by atoms with E-state index in [1.54, 1.807) is 30.6 Å². The van der Waals surface area contributed by atoms with Gasteiger partial charge in [0.15, 0.2) is 0 Å². The lowest BCUT2D eigenvalue weighted by molar-refractivity contribution is -0.117. The zero-order chi connectivity index (χ0) is 18.2.